The molecule has 1 saturated carbocycles. The minimum absolute atomic E-state index is 0.628. The first-order chi connectivity index (χ1) is 9.79. The van der Waals surface area contributed by atoms with Crippen LogP contribution in [0.4, 0.5) is 0 Å². The second-order valence-electron chi connectivity index (χ2n) is 5.11. The number of aryl methyl sites for hydroxylation is 1. The van der Waals surface area contributed by atoms with Gasteiger partial charge >= 0.3 is 0 Å². The number of nitrogens with one attached hydrogen (secondary N) is 1. The standard InChI is InChI=1S/C15H25NO3S/c1-12-13(11-19-8-7-18-6-5-17-2)9-15(20-12)10-16-14-3-4-14/h9,14,16H,3-8,10-11H2,1-2H3. The van der Waals surface area contributed by atoms with Gasteiger partial charge in [-0.1, -0.05) is 0 Å². The van der Waals surface area contributed by atoms with E-state index >= 15 is 0 Å². The van der Waals surface area contributed by atoms with Gasteiger partial charge in [0.15, 0.2) is 0 Å². The molecule has 1 aliphatic rings. The second kappa shape index (κ2) is 8.74. The SMILES string of the molecule is COCCOCCOCc1cc(CNC2CC2)sc1C. The Labute approximate surface area is 125 Å². The summed E-state index contributed by atoms with van der Waals surface area (Å²) in [6, 6.07) is 3.03. The molecular weight excluding hydrogens is 274 g/mol. The first-order valence-corrected chi connectivity index (χ1v) is 8.07. The molecule has 5 heteroatoms. The summed E-state index contributed by atoms with van der Waals surface area (Å²) in [5.74, 6) is 0. The van der Waals surface area contributed by atoms with Crippen LogP contribution in [0.2, 0.25) is 0 Å². The molecular formula is C15H25NO3S. The van der Waals surface area contributed by atoms with Crippen LogP contribution in [0.15, 0.2) is 6.07 Å². The van der Waals surface area contributed by atoms with Crippen molar-refractivity contribution >= 4 is 11.3 Å². The molecule has 0 saturated heterocycles. The van der Waals surface area contributed by atoms with E-state index < -0.39 is 0 Å². The number of ether oxygens (including phenoxy) is 3. The topological polar surface area (TPSA) is 39.7 Å². The van der Waals surface area contributed by atoms with Crippen LogP contribution in [0.1, 0.15) is 28.2 Å². The van der Waals surface area contributed by atoms with Gasteiger partial charge in [-0.05, 0) is 31.4 Å². The predicted molar refractivity (Wildman–Crippen MR) is 81.3 cm³/mol. The molecule has 1 fully saturated rings. The summed E-state index contributed by atoms with van der Waals surface area (Å²) in [7, 11) is 1.68. The normalized spacial score (nSPS) is 14.9. The molecule has 4 nitrogen and oxygen atoms in total. The van der Waals surface area contributed by atoms with Crippen LogP contribution >= 0.6 is 11.3 Å². The summed E-state index contributed by atoms with van der Waals surface area (Å²) < 4.78 is 15.9. The van der Waals surface area contributed by atoms with Gasteiger partial charge in [0.1, 0.15) is 0 Å². The van der Waals surface area contributed by atoms with Crippen LogP contribution in [0.3, 0.4) is 0 Å². The molecule has 2 rings (SSSR count). The van der Waals surface area contributed by atoms with E-state index in [4.69, 9.17) is 14.2 Å². The lowest BCUT2D eigenvalue weighted by Gasteiger charge is -2.05. The van der Waals surface area contributed by atoms with Crippen LogP contribution in [0.5, 0.6) is 0 Å². The molecule has 0 unspecified atom stereocenters. The maximum absolute atomic E-state index is 5.65. The van der Waals surface area contributed by atoms with Crippen molar-refractivity contribution in [2.75, 3.05) is 33.5 Å². The van der Waals surface area contributed by atoms with Gasteiger partial charge in [0, 0.05) is 29.5 Å². The predicted octanol–water partition coefficient (Wildman–Crippen LogP) is 2.49. The Hall–Kier alpha value is -0.460. The molecule has 1 N–H and O–H groups in total. The molecule has 114 valence electrons. The molecule has 0 bridgehead atoms. The van der Waals surface area contributed by atoms with E-state index in [9.17, 15) is 0 Å². The summed E-state index contributed by atoms with van der Waals surface area (Å²) in [6.45, 7) is 6.38. The van der Waals surface area contributed by atoms with Crippen molar-refractivity contribution in [3.05, 3.63) is 21.4 Å². The van der Waals surface area contributed by atoms with Crippen molar-refractivity contribution in [3.63, 3.8) is 0 Å². The van der Waals surface area contributed by atoms with E-state index in [1.54, 1.807) is 7.11 Å². The van der Waals surface area contributed by atoms with Gasteiger partial charge in [-0.3, -0.25) is 0 Å². The van der Waals surface area contributed by atoms with Crippen molar-refractivity contribution in [1.29, 1.82) is 0 Å². The van der Waals surface area contributed by atoms with Crippen molar-refractivity contribution < 1.29 is 14.2 Å². The molecule has 1 aromatic rings. The minimum atomic E-state index is 0.628. The van der Waals surface area contributed by atoms with Gasteiger partial charge < -0.3 is 19.5 Å². The highest BCUT2D eigenvalue weighted by Crippen LogP contribution is 2.24. The Kier molecular flexibility index (Phi) is 6.96. The second-order valence-corrected chi connectivity index (χ2v) is 6.45. The molecule has 1 aliphatic carbocycles. The van der Waals surface area contributed by atoms with E-state index in [0.29, 0.717) is 33.0 Å². The summed E-state index contributed by atoms with van der Waals surface area (Å²) in [4.78, 5) is 2.77. The van der Waals surface area contributed by atoms with E-state index in [0.717, 1.165) is 12.6 Å². The molecule has 0 aromatic carbocycles. The van der Waals surface area contributed by atoms with Gasteiger partial charge in [-0.2, -0.15) is 0 Å². The Morgan fingerprint density at radius 3 is 2.70 bits per heavy atom. The van der Waals surface area contributed by atoms with Crippen LogP contribution in [-0.4, -0.2) is 39.6 Å². The van der Waals surface area contributed by atoms with Crippen LogP contribution < -0.4 is 5.32 Å². The lowest BCUT2D eigenvalue weighted by molar-refractivity contribution is 0.0199. The third-order valence-corrected chi connectivity index (χ3v) is 4.37. The fraction of sp³-hybridized carbons (Fsp3) is 0.733. The number of rotatable bonds is 11. The number of hydrogen-bond donors (Lipinski definition) is 1. The van der Waals surface area contributed by atoms with E-state index in [1.807, 2.05) is 11.3 Å². The molecule has 0 spiro atoms. The molecule has 20 heavy (non-hydrogen) atoms. The molecule has 0 atom stereocenters. The Morgan fingerprint density at radius 1 is 1.20 bits per heavy atom. The highest BCUT2D eigenvalue weighted by atomic mass is 32.1. The van der Waals surface area contributed by atoms with Gasteiger partial charge in [-0.25, -0.2) is 0 Å². The number of hydrogen-bond acceptors (Lipinski definition) is 5. The Balaban J connectivity index is 1.59. The summed E-state index contributed by atoms with van der Waals surface area (Å²) in [6.07, 6.45) is 2.67. The van der Waals surface area contributed by atoms with Gasteiger partial charge in [0.05, 0.1) is 33.0 Å². The van der Waals surface area contributed by atoms with E-state index in [-0.39, 0.29) is 0 Å². The largest absolute Gasteiger partial charge is 0.382 e. The van der Waals surface area contributed by atoms with Crippen LogP contribution in [-0.2, 0) is 27.4 Å². The van der Waals surface area contributed by atoms with Gasteiger partial charge in [0.25, 0.3) is 0 Å². The van der Waals surface area contributed by atoms with Gasteiger partial charge in [-0.15, -0.1) is 11.3 Å². The zero-order valence-electron chi connectivity index (χ0n) is 12.4. The fourth-order valence-corrected chi connectivity index (χ4v) is 2.89. The summed E-state index contributed by atoms with van der Waals surface area (Å²) >= 11 is 1.87. The molecule has 1 heterocycles. The van der Waals surface area contributed by atoms with Crippen molar-refractivity contribution in [2.45, 2.75) is 39.0 Å². The third kappa shape index (κ3) is 5.89. The molecule has 0 aliphatic heterocycles. The maximum Gasteiger partial charge on any atom is 0.0728 e. The average molecular weight is 299 g/mol. The number of thiophene rings is 1. The molecule has 0 radical (unpaired) electrons. The third-order valence-electron chi connectivity index (χ3n) is 3.28. The Bertz CT molecular complexity index is 390. The average Bonchev–Trinajstić information content (AvgIpc) is 3.20. The lowest BCUT2D eigenvalue weighted by Crippen LogP contribution is -2.14. The quantitative estimate of drug-likeness (QED) is 0.637. The summed E-state index contributed by atoms with van der Waals surface area (Å²) in [5.41, 5.74) is 1.31. The van der Waals surface area contributed by atoms with E-state index in [1.165, 1.54) is 28.2 Å². The van der Waals surface area contributed by atoms with Crippen LogP contribution in [0, 0.1) is 6.92 Å². The lowest BCUT2D eigenvalue weighted by atomic mass is 10.2. The van der Waals surface area contributed by atoms with Crippen molar-refractivity contribution in [3.8, 4) is 0 Å². The Morgan fingerprint density at radius 2 is 1.95 bits per heavy atom. The monoisotopic (exact) mass is 299 g/mol. The van der Waals surface area contributed by atoms with E-state index in [2.05, 4.69) is 18.3 Å². The zero-order chi connectivity index (χ0) is 14.2. The van der Waals surface area contributed by atoms with Crippen molar-refractivity contribution in [1.82, 2.24) is 5.32 Å². The fourth-order valence-electron chi connectivity index (χ4n) is 1.89. The minimum Gasteiger partial charge on any atom is -0.382 e. The van der Waals surface area contributed by atoms with Crippen molar-refractivity contribution in [2.24, 2.45) is 0 Å². The summed E-state index contributed by atoms with van der Waals surface area (Å²) in [5, 5.41) is 3.55. The first-order valence-electron chi connectivity index (χ1n) is 7.25. The smallest absolute Gasteiger partial charge is 0.0728 e. The molecule has 0 amide bonds. The highest BCUT2D eigenvalue weighted by Gasteiger charge is 2.20. The maximum atomic E-state index is 5.65. The number of methoxy groups -OCH3 is 1. The zero-order valence-corrected chi connectivity index (χ0v) is 13.3. The first kappa shape index (κ1) is 15.9. The molecule has 1 aromatic heterocycles. The van der Waals surface area contributed by atoms with Gasteiger partial charge in [0.2, 0.25) is 0 Å². The van der Waals surface area contributed by atoms with Crippen LogP contribution in [0.25, 0.3) is 0 Å². The highest BCUT2D eigenvalue weighted by molar-refractivity contribution is 7.12.